The molecule has 4 rings (SSSR count). The number of hydrogen-bond acceptors (Lipinski definition) is 6. The molecule has 0 bridgehead atoms. The molecular weight excluding hydrogens is 440 g/mol. The molecule has 0 atom stereocenters. The molecule has 3 heterocycles. The van der Waals surface area contributed by atoms with Crippen LogP contribution in [0.4, 0.5) is 0 Å². The van der Waals surface area contributed by atoms with Gasteiger partial charge in [-0.25, -0.2) is 9.97 Å². The Bertz CT molecular complexity index is 1260. The van der Waals surface area contributed by atoms with Crippen molar-refractivity contribution < 1.29 is 4.79 Å². The Labute approximate surface area is 186 Å². The maximum absolute atomic E-state index is 13.3. The summed E-state index contributed by atoms with van der Waals surface area (Å²) < 4.78 is 0. The fraction of sp³-hybridized carbons (Fsp3) is 0.238. The van der Waals surface area contributed by atoms with Gasteiger partial charge in [0.05, 0.1) is 28.0 Å². The second-order valence-corrected chi connectivity index (χ2v) is 9.19. The predicted molar refractivity (Wildman–Crippen MR) is 123 cm³/mol. The molecule has 0 saturated heterocycles. The molecule has 1 N–H and O–H groups in total. The zero-order chi connectivity index (χ0) is 21.3. The van der Waals surface area contributed by atoms with E-state index in [1.807, 2.05) is 31.4 Å². The van der Waals surface area contributed by atoms with Gasteiger partial charge in [-0.15, -0.1) is 22.7 Å². The summed E-state index contributed by atoms with van der Waals surface area (Å²) in [6, 6.07) is 8.92. The number of benzene rings is 1. The van der Waals surface area contributed by atoms with Crippen molar-refractivity contribution >= 4 is 51.1 Å². The maximum Gasteiger partial charge on any atom is 0.266 e. The molecule has 0 saturated carbocycles. The first kappa shape index (κ1) is 20.7. The van der Waals surface area contributed by atoms with Crippen molar-refractivity contribution in [3.8, 4) is 9.88 Å². The van der Waals surface area contributed by atoms with Crippen molar-refractivity contribution in [2.24, 2.45) is 0 Å². The van der Waals surface area contributed by atoms with E-state index in [2.05, 4.69) is 15.0 Å². The fourth-order valence-electron chi connectivity index (χ4n) is 3.18. The van der Waals surface area contributed by atoms with Gasteiger partial charge >= 0.3 is 0 Å². The lowest BCUT2D eigenvalue weighted by Crippen LogP contribution is -2.32. The van der Waals surface area contributed by atoms with Crippen LogP contribution in [0.25, 0.3) is 20.8 Å². The quantitative estimate of drug-likeness (QED) is 0.434. The molecule has 1 aromatic carbocycles. The van der Waals surface area contributed by atoms with E-state index in [1.54, 1.807) is 34.4 Å². The summed E-state index contributed by atoms with van der Waals surface area (Å²) in [5, 5.41) is 3.81. The highest BCUT2D eigenvalue weighted by Crippen LogP contribution is 2.32. The van der Waals surface area contributed by atoms with E-state index >= 15 is 0 Å². The zero-order valence-corrected chi connectivity index (χ0v) is 18.8. The van der Waals surface area contributed by atoms with E-state index in [1.165, 1.54) is 11.3 Å². The lowest BCUT2D eigenvalue weighted by Gasteiger charge is -2.21. The van der Waals surface area contributed by atoms with Gasteiger partial charge in [-0.2, -0.15) is 0 Å². The summed E-state index contributed by atoms with van der Waals surface area (Å²) in [4.78, 5) is 41.0. The smallest absolute Gasteiger partial charge is 0.266 e. The number of nitrogens with zero attached hydrogens (tertiary/aromatic N) is 3. The third-order valence-electron chi connectivity index (χ3n) is 4.56. The van der Waals surface area contributed by atoms with Crippen LogP contribution in [-0.2, 0) is 6.54 Å². The minimum Gasteiger partial charge on any atom is -0.330 e. The number of thiazole rings is 1. The number of hydrogen-bond donors (Lipinski definition) is 1. The standard InChI is InChI=1S/C21H19ClN4O2S2/c1-3-8-26(11-17-24-15-10-13(22)6-7-14(15)19(27)25-17)21(28)18-12(2)23-20(30-18)16-5-4-9-29-16/h4-7,9-10H,3,8,11H2,1-2H3,(H,24,25,27). The molecule has 0 aliphatic heterocycles. The van der Waals surface area contributed by atoms with Crippen molar-refractivity contribution in [2.45, 2.75) is 26.8 Å². The number of rotatable bonds is 6. The summed E-state index contributed by atoms with van der Waals surface area (Å²) in [5.41, 5.74) is 0.977. The highest BCUT2D eigenvalue weighted by molar-refractivity contribution is 7.22. The van der Waals surface area contributed by atoms with Gasteiger partial charge < -0.3 is 9.88 Å². The lowest BCUT2D eigenvalue weighted by molar-refractivity contribution is 0.0743. The van der Waals surface area contributed by atoms with Crippen molar-refractivity contribution in [2.75, 3.05) is 6.54 Å². The number of aromatic amines is 1. The van der Waals surface area contributed by atoms with Crippen LogP contribution in [0.15, 0.2) is 40.5 Å². The van der Waals surface area contributed by atoms with Crippen molar-refractivity contribution in [1.29, 1.82) is 0 Å². The number of carbonyl (C=O) groups excluding carboxylic acids is 1. The van der Waals surface area contributed by atoms with E-state index < -0.39 is 0 Å². The molecule has 0 aliphatic carbocycles. The molecule has 0 spiro atoms. The van der Waals surface area contributed by atoms with E-state index in [-0.39, 0.29) is 18.0 Å². The predicted octanol–water partition coefficient (Wildman–Crippen LogP) is 5.12. The Hall–Kier alpha value is -2.55. The number of aromatic nitrogens is 3. The molecular formula is C21H19ClN4O2S2. The van der Waals surface area contributed by atoms with Crippen LogP contribution in [0.2, 0.25) is 5.02 Å². The van der Waals surface area contributed by atoms with Crippen LogP contribution in [0.3, 0.4) is 0 Å². The third-order valence-corrected chi connectivity index (χ3v) is 6.98. The normalized spacial score (nSPS) is 11.2. The maximum atomic E-state index is 13.3. The van der Waals surface area contributed by atoms with Crippen LogP contribution < -0.4 is 5.56 Å². The van der Waals surface area contributed by atoms with Gasteiger partial charge in [-0.05, 0) is 43.0 Å². The van der Waals surface area contributed by atoms with Gasteiger partial charge in [0.2, 0.25) is 0 Å². The van der Waals surface area contributed by atoms with Crippen LogP contribution in [0, 0.1) is 6.92 Å². The Morgan fingerprint density at radius 2 is 2.10 bits per heavy atom. The SMILES string of the molecule is CCCN(Cc1nc2cc(Cl)ccc2c(=O)[nH]1)C(=O)c1sc(-c2cccs2)nc1C. The average molecular weight is 459 g/mol. The van der Waals surface area contributed by atoms with E-state index in [0.29, 0.717) is 38.9 Å². The molecule has 154 valence electrons. The first-order chi connectivity index (χ1) is 14.5. The Morgan fingerprint density at radius 1 is 1.27 bits per heavy atom. The van der Waals surface area contributed by atoms with E-state index in [0.717, 1.165) is 16.3 Å². The van der Waals surface area contributed by atoms with Crippen LogP contribution >= 0.6 is 34.3 Å². The molecule has 0 unspecified atom stereocenters. The minimum absolute atomic E-state index is 0.108. The van der Waals surface area contributed by atoms with Crippen molar-refractivity contribution in [3.05, 3.63) is 67.5 Å². The first-order valence-electron chi connectivity index (χ1n) is 9.45. The van der Waals surface area contributed by atoms with E-state index in [9.17, 15) is 9.59 Å². The highest BCUT2D eigenvalue weighted by Gasteiger charge is 2.23. The first-order valence-corrected chi connectivity index (χ1v) is 11.5. The number of aryl methyl sites for hydroxylation is 1. The van der Waals surface area contributed by atoms with Gasteiger partial charge in [0.15, 0.2) is 0 Å². The number of nitrogens with one attached hydrogen (secondary N) is 1. The Kier molecular flexibility index (Phi) is 5.99. The summed E-state index contributed by atoms with van der Waals surface area (Å²) in [7, 11) is 0. The summed E-state index contributed by atoms with van der Waals surface area (Å²) in [6.45, 7) is 4.61. The zero-order valence-electron chi connectivity index (χ0n) is 16.4. The molecule has 0 radical (unpaired) electrons. The number of halogens is 1. The second kappa shape index (κ2) is 8.67. The fourth-order valence-corrected chi connectivity index (χ4v) is 5.18. The summed E-state index contributed by atoms with van der Waals surface area (Å²) in [5.74, 6) is 0.320. The molecule has 6 nitrogen and oxygen atoms in total. The molecule has 3 aromatic heterocycles. The lowest BCUT2D eigenvalue weighted by atomic mass is 10.2. The van der Waals surface area contributed by atoms with Gasteiger partial charge in [0, 0.05) is 11.6 Å². The molecule has 1 amide bonds. The molecule has 9 heteroatoms. The van der Waals surface area contributed by atoms with Gasteiger partial charge in [-0.3, -0.25) is 9.59 Å². The second-order valence-electron chi connectivity index (χ2n) is 6.81. The van der Waals surface area contributed by atoms with E-state index in [4.69, 9.17) is 11.6 Å². The number of thiophene rings is 1. The number of carbonyl (C=O) groups is 1. The number of amides is 1. The van der Waals surface area contributed by atoms with Gasteiger partial charge in [0.25, 0.3) is 11.5 Å². The van der Waals surface area contributed by atoms with Crippen LogP contribution in [0.5, 0.6) is 0 Å². The third kappa shape index (κ3) is 4.16. The van der Waals surface area contributed by atoms with Crippen molar-refractivity contribution in [3.63, 3.8) is 0 Å². The monoisotopic (exact) mass is 458 g/mol. The largest absolute Gasteiger partial charge is 0.330 e. The van der Waals surface area contributed by atoms with Crippen LogP contribution in [-0.4, -0.2) is 32.3 Å². The molecule has 0 fully saturated rings. The van der Waals surface area contributed by atoms with Crippen molar-refractivity contribution in [1.82, 2.24) is 19.9 Å². The molecule has 4 aromatic rings. The number of H-pyrrole nitrogens is 1. The molecule has 0 aliphatic rings. The molecule has 30 heavy (non-hydrogen) atoms. The summed E-state index contributed by atoms with van der Waals surface area (Å²) >= 11 is 9.04. The Morgan fingerprint density at radius 3 is 2.83 bits per heavy atom. The average Bonchev–Trinajstić information content (AvgIpc) is 3.36. The topological polar surface area (TPSA) is 79.0 Å². The van der Waals surface area contributed by atoms with Crippen LogP contribution in [0.1, 0.15) is 34.5 Å². The van der Waals surface area contributed by atoms with Gasteiger partial charge in [0.1, 0.15) is 15.7 Å². The minimum atomic E-state index is -0.246. The number of fused-ring (bicyclic) bond motifs is 1. The highest BCUT2D eigenvalue weighted by atomic mass is 35.5. The van der Waals surface area contributed by atoms with Gasteiger partial charge in [-0.1, -0.05) is 24.6 Å². The Balaban J connectivity index is 1.65. The summed E-state index contributed by atoms with van der Waals surface area (Å²) in [6.07, 6.45) is 0.783.